The van der Waals surface area contributed by atoms with E-state index in [2.05, 4.69) is 0 Å². The van der Waals surface area contributed by atoms with Gasteiger partial charge in [-0.05, 0) is 49.4 Å². The van der Waals surface area contributed by atoms with Crippen LogP contribution in [-0.2, 0) is 0 Å². The number of benzene rings is 3. The van der Waals surface area contributed by atoms with Gasteiger partial charge in [0.1, 0.15) is 11.5 Å². The van der Waals surface area contributed by atoms with Crippen LogP contribution in [0, 0.1) is 0 Å². The van der Waals surface area contributed by atoms with Gasteiger partial charge in [0.25, 0.3) is 0 Å². The SMILES string of the molecule is COc1cc(C(=O)Oc2ccc(OC(=O)c3cc(OC)c(OC)c(OC)c3)c(C(C)=O)c2)cc(OC)c1OC. The van der Waals surface area contributed by atoms with Gasteiger partial charge in [-0.3, -0.25) is 4.79 Å². The van der Waals surface area contributed by atoms with Crippen LogP contribution in [0.2, 0.25) is 0 Å². The summed E-state index contributed by atoms with van der Waals surface area (Å²) in [5.74, 6) is -0.273. The molecule has 0 aliphatic rings. The minimum absolute atomic E-state index is 0.0194. The van der Waals surface area contributed by atoms with E-state index in [4.69, 9.17) is 37.9 Å². The second kappa shape index (κ2) is 12.5. The summed E-state index contributed by atoms with van der Waals surface area (Å²) >= 11 is 0. The summed E-state index contributed by atoms with van der Waals surface area (Å²) < 4.78 is 42.6. The normalized spacial score (nSPS) is 10.2. The van der Waals surface area contributed by atoms with Gasteiger partial charge in [0.05, 0.1) is 59.3 Å². The van der Waals surface area contributed by atoms with Gasteiger partial charge in [0.2, 0.25) is 11.5 Å². The van der Waals surface area contributed by atoms with E-state index in [0.717, 1.165) is 0 Å². The highest BCUT2D eigenvalue weighted by molar-refractivity contribution is 6.00. The van der Waals surface area contributed by atoms with Crippen LogP contribution < -0.4 is 37.9 Å². The summed E-state index contributed by atoms with van der Waals surface area (Å²) in [5.41, 5.74) is 0.231. The van der Waals surface area contributed by atoms with Crippen molar-refractivity contribution in [2.45, 2.75) is 6.92 Å². The molecule has 0 spiro atoms. The lowest BCUT2D eigenvalue weighted by Gasteiger charge is -2.15. The molecule has 0 heterocycles. The first kappa shape index (κ1) is 28.6. The summed E-state index contributed by atoms with van der Waals surface area (Å²) in [7, 11) is 8.55. The molecule has 0 bridgehead atoms. The van der Waals surface area contributed by atoms with E-state index >= 15 is 0 Å². The first-order valence-corrected chi connectivity index (χ1v) is 11.4. The molecule has 206 valence electrons. The average molecular weight is 541 g/mol. The van der Waals surface area contributed by atoms with Gasteiger partial charge in [-0.15, -0.1) is 0 Å². The van der Waals surface area contributed by atoms with Gasteiger partial charge >= 0.3 is 11.9 Å². The molecular weight excluding hydrogens is 512 g/mol. The summed E-state index contributed by atoms with van der Waals surface area (Å²) in [6.07, 6.45) is 0. The number of carbonyl (C=O) groups is 3. The van der Waals surface area contributed by atoms with Crippen molar-refractivity contribution in [1.29, 1.82) is 0 Å². The van der Waals surface area contributed by atoms with Gasteiger partial charge in [-0.2, -0.15) is 0 Å². The van der Waals surface area contributed by atoms with Crippen LogP contribution in [-0.4, -0.2) is 60.4 Å². The van der Waals surface area contributed by atoms with Crippen LogP contribution in [0.4, 0.5) is 0 Å². The van der Waals surface area contributed by atoms with Crippen molar-refractivity contribution < 1.29 is 52.3 Å². The number of ketones is 1. The Hall–Kier alpha value is -4.93. The molecule has 3 rings (SSSR count). The molecule has 3 aromatic rings. The largest absolute Gasteiger partial charge is 0.493 e. The van der Waals surface area contributed by atoms with Crippen LogP contribution in [0.5, 0.6) is 46.0 Å². The number of rotatable bonds is 11. The molecule has 0 saturated carbocycles. The Morgan fingerprint density at radius 3 is 1.28 bits per heavy atom. The Labute approximate surface area is 225 Å². The molecule has 0 N–H and O–H groups in total. The Balaban J connectivity index is 1.89. The zero-order chi connectivity index (χ0) is 28.7. The number of ether oxygens (including phenoxy) is 8. The molecule has 0 fully saturated rings. The molecule has 0 aromatic heterocycles. The minimum atomic E-state index is -0.779. The third-order valence-electron chi connectivity index (χ3n) is 5.54. The molecule has 0 amide bonds. The second-order valence-corrected chi connectivity index (χ2v) is 7.82. The molecule has 11 heteroatoms. The van der Waals surface area contributed by atoms with Crippen LogP contribution >= 0.6 is 0 Å². The molecule has 0 radical (unpaired) electrons. The van der Waals surface area contributed by atoms with Crippen molar-refractivity contribution in [2.24, 2.45) is 0 Å². The number of methoxy groups -OCH3 is 6. The number of esters is 2. The third-order valence-corrected chi connectivity index (χ3v) is 5.54. The van der Waals surface area contributed by atoms with Crippen molar-refractivity contribution in [3.05, 3.63) is 59.2 Å². The van der Waals surface area contributed by atoms with E-state index in [1.807, 2.05) is 0 Å². The zero-order valence-electron chi connectivity index (χ0n) is 22.5. The summed E-state index contributed by atoms with van der Waals surface area (Å²) in [6.45, 7) is 1.29. The van der Waals surface area contributed by atoms with Crippen LogP contribution in [0.3, 0.4) is 0 Å². The fourth-order valence-corrected chi connectivity index (χ4v) is 3.66. The monoisotopic (exact) mass is 540 g/mol. The van der Waals surface area contributed by atoms with E-state index < -0.39 is 17.7 Å². The van der Waals surface area contributed by atoms with Crippen molar-refractivity contribution in [2.75, 3.05) is 42.7 Å². The Morgan fingerprint density at radius 2 is 0.923 bits per heavy atom. The number of carbonyl (C=O) groups excluding carboxylic acids is 3. The van der Waals surface area contributed by atoms with E-state index in [0.29, 0.717) is 11.5 Å². The smallest absolute Gasteiger partial charge is 0.343 e. The van der Waals surface area contributed by atoms with Crippen LogP contribution in [0.1, 0.15) is 38.0 Å². The number of Topliss-reactive ketones (excluding diaryl/α,β-unsaturated/α-hetero) is 1. The molecular formula is C28H28O11. The van der Waals surface area contributed by atoms with E-state index in [1.54, 1.807) is 0 Å². The molecule has 39 heavy (non-hydrogen) atoms. The molecule has 0 aliphatic carbocycles. The Morgan fingerprint density at radius 1 is 0.513 bits per heavy atom. The maximum absolute atomic E-state index is 12.9. The summed E-state index contributed by atoms with van der Waals surface area (Å²) in [6, 6.07) is 9.75. The fourth-order valence-electron chi connectivity index (χ4n) is 3.66. The minimum Gasteiger partial charge on any atom is -0.493 e. The Kier molecular flexibility index (Phi) is 9.21. The highest BCUT2D eigenvalue weighted by atomic mass is 16.6. The van der Waals surface area contributed by atoms with Gasteiger partial charge in [-0.1, -0.05) is 0 Å². The first-order chi connectivity index (χ1) is 18.7. The highest BCUT2D eigenvalue weighted by Gasteiger charge is 2.22. The summed E-state index contributed by atoms with van der Waals surface area (Å²) in [5, 5.41) is 0. The van der Waals surface area contributed by atoms with Gasteiger partial charge < -0.3 is 37.9 Å². The number of hydrogen-bond donors (Lipinski definition) is 0. The molecule has 11 nitrogen and oxygen atoms in total. The van der Waals surface area contributed by atoms with Crippen molar-refractivity contribution in [3.63, 3.8) is 0 Å². The fraction of sp³-hybridized carbons (Fsp3) is 0.250. The summed E-state index contributed by atoms with van der Waals surface area (Å²) in [4.78, 5) is 38.2. The van der Waals surface area contributed by atoms with E-state index in [1.165, 1.54) is 92.0 Å². The highest BCUT2D eigenvalue weighted by Crippen LogP contribution is 2.40. The third kappa shape index (κ3) is 6.15. The van der Waals surface area contributed by atoms with Gasteiger partial charge in [0, 0.05) is 0 Å². The number of hydrogen-bond acceptors (Lipinski definition) is 11. The van der Waals surface area contributed by atoms with Crippen molar-refractivity contribution in [3.8, 4) is 46.0 Å². The van der Waals surface area contributed by atoms with Crippen molar-refractivity contribution in [1.82, 2.24) is 0 Å². The lowest BCUT2D eigenvalue weighted by Crippen LogP contribution is -2.13. The predicted molar refractivity (Wildman–Crippen MR) is 139 cm³/mol. The van der Waals surface area contributed by atoms with Crippen LogP contribution in [0.25, 0.3) is 0 Å². The molecule has 0 saturated heterocycles. The molecule has 0 unspecified atom stereocenters. The van der Waals surface area contributed by atoms with Crippen molar-refractivity contribution >= 4 is 17.7 Å². The van der Waals surface area contributed by atoms with E-state index in [9.17, 15) is 14.4 Å². The lowest BCUT2D eigenvalue weighted by molar-refractivity contribution is 0.0715. The maximum Gasteiger partial charge on any atom is 0.343 e. The first-order valence-electron chi connectivity index (χ1n) is 11.4. The van der Waals surface area contributed by atoms with Gasteiger partial charge in [-0.25, -0.2) is 9.59 Å². The second-order valence-electron chi connectivity index (χ2n) is 7.82. The van der Waals surface area contributed by atoms with E-state index in [-0.39, 0.29) is 51.2 Å². The quantitative estimate of drug-likeness (QED) is 0.195. The Bertz CT molecular complexity index is 1340. The topological polar surface area (TPSA) is 125 Å². The molecule has 3 aromatic carbocycles. The van der Waals surface area contributed by atoms with Gasteiger partial charge in [0.15, 0.2) is 28.8 Å². The maximum atomic E-state index is 12.9. The zero-order valence-corrected chi connectivity index (χ0v) is 22.5. The average Bonchev–Trinajstić information content (AvgIpc) is 2.95. The standard InChI is InChI=1S/C28H28O11/c1-15(29)19-14-18(38-27(30)16-10-21(32-2)25(36-6)22(11-16)33-3)8-9-20(19)39-28(31)17-12-23(34-4)26(37-7)24(13-17)35-5/h8-14H,1-7H3. The molecule has 0 aliphatic heterocycles. The van der Waals surface area contributed by atoms with Crippen LogP contribution in [0.15, 0.2) is 42.5 Å². The predicted octanol–water partition coefficient (Wildman–Crippen LogP) is 4.38. The molecule has 0 atom stereocenters. The lowest BCUT2D eigenvalue weighted by atomic mass is 10.1.